The Morgan fingerprint density at radius 2 is 1.88 bits per heavy atom. The van der Waals surface area contributed by atoms with Crippen molar-refractivity contribution in [1.29, 1.82) is 0 Å². The van der Waals surface area contributed by atoms with Gasteiger partial charge in [-0.2, -0.15) is 0 Å². The van der Waals surface area contributed by atoms with Crippen molar-refractivity contribution in [2.24, 2.45) is 0 Å². The molecule has 4 rings (SSSR count). The lowest BCUT2D eigenvalue weighted by molar-refractivity contribution is -0.146. The van der Waals surface area contributed by atoms with Crippen LogP contribution in [0.1, 0.15) is 24.8 Å². The van der Waals surface area contributed by atoms with Crippen molar-refractivity contribution in [3.8, 4) is 0 Å². The SMILES string of the molecule is O=C(CCc1c[nH]c2ccccc12)N1CCN(C(=O)[C@H]2CCCO2)CC1. The molecular formula is C20H25N3O3. The van der Waals surface area contributed by atoms with Gasteiger partial charge >= 0.3 is 0 Å². The van der Waals surface area contributed by atoms with Crippen LogP contribution in [-0.4, -0.2) is 65.5 Å². The second-order valence-corrected chi connectivity index (χ2v) is 7.07. The van der Waals surface area contributed by atoms with E-state index in [0.717, 1.165) is 24.8 Å². The minimum absolute atomic E-state index is 0.0911. The summed E-state index contributed by atoms with van der Waals surface area (Å²) < 4.78 is 5.48. The van der Waals surface area contributed by atoms with Crippen LogP contribution in [0.25, 0.3) is 10.9 Å². The number of ether oxygens (including phenoxy) is 1. The maximum Gasteiger partial charge on any atom is 0.251 e. The normalized spacial score (nSPS) is 20.7. The van der Waals surface area contributed by atoms with Crippen molar-refractivity contribution in [3.63, 3.8) is 0 Å². The molecule has 0 radical (unpaired) electrons. The van der Waals surface area contributed by atoms with E-state index in [1.54, 1.807) is 0 Å². The van der Waals surface area contributed by atoms with Crippen LogP contribution >= 0.6 is 0 Å². The first-order valence-electron chi connectivity index (χ1n) is 9.45. The van der Waals surface area contributed by atoms with Gasteiger partial charge in [0.05, 0.1) is 0 Å². The van der Waals surface area contributed by atoms with Gasteiger partial charge in [-0.1, -0.05) is 18.2 Å². The molecule has 0 bridgehead atoms. The number of amides is 2. The summed E-state index contributed by atoms with van der Waals surface area (Å²) in [5.41, 5.74) is 2.29. The standard InChI is InChI=1S/C20H25N3O3/c24-19(8-7-15-14-21-17-5-2-1-4-16(15)17)22-9-11-23(12-10-22)20(25)18-6-3-13-26-18/h1-2,4-5,14,18,21H,3,6-13H2/t18-/m1/s1. The highest BCUT2D eigenvalue weighted by molar-refractivity contribution is 5.84. The molecule has 0 aliphatic carbocycles. The van der Waals surface area contributed by atoms with Crippen LogP contribution in [0.3, 0.4) is 0 Å². The van der Waals surface area contributed by atoms with Gasteiger partial charge in [-0.3, -0.25) is 9.59 Å². The van der Waals surface area contributed by atoms with E-state index in [2.05, 4.69) is 11.1 Å². The van der Waals surface area contributed by atoms with E-state index in [-0.39, 0.29) is 17.9 Å². The molecular weight excluding hydrogens is 330 g/mol. The molecule has 2 aliphatic heterocycles. The molecule has 0 spiro atoms. The molecule has 1 aromatic heterocycles. The van der Waals surface area contributed by atoms with Crippen LogP contribution in [-0.2, 0) is 20.7 Å². The zero-order chi connectivity index (χ0) is 17.9. The number of aromatic amines is 1. The summed E-state index contributed by atoms with van der Waals surface area (Å²) >= 11 is 0. The number of rotatable bonds is 4. The Morgan fingerprint density at radius 3 is 2.65 bits per heavy atom. The van der Waals surface area contributed by atoms with Crippen molar-refractivity contribution in [3.05, 3.63) is 36.0 Å². The van der Waals surface area contributed by atoms with Gasteiger partial charge in [0.1, 0.15) is 6.10 Å². The third-order valence-corrected chi connectivity index (χ3v) is 5.43. The summed E-state index contributed by atoms with van der Waals surface area (Å²) in [5, 5.41) is 1.19. The van der Waals surface area contributed by atoms with Gasteiger partial charge in [0.2, 0.25) is 5.91 Å². The lowest BCUT2D eigenvalue weighted by atomic mass is 10.1. The van der Waals surface area contributed by atoms with E-state index < -0.39 is 0 Å². The van der Waals surface area contributed by atoms with Crippen LogP contribution in [0.5, 0.6) is 0 Å². The third kappa shape index (κ3) is 3.46. The first-order chi connectivity index (χ1) is 12.7. The average Bonchev–Trinajstić information content (AvgIpc) is 3.36. The Labute approximate surface area is 153 Å². The predicted molar refractivity (Wildman–Crippen MR) is 98.8 cm³/mol. The fourth-order valence-electron chi connectivity index (χ4n) is 3.89. The number of hydrogen-bond donors (Lipinski definition) is 1. The van der Waals surface area contributed by atoms with E-state index in [1.165, 1.54) is 10.9 Å². The van der Waals surface area contributed by atoms with Gasteiger partial charge in [-0.25, -0.2) is 0 Å². The second-order valence-electron chi connectivity index (χ2n) is 7.07. The largest absolute Gasteiger partial charge is 0.368 e. The van der Waals surface area contributed by atoms with E-state index >= 15 is 0 Å². The summed E-state index contributed by atoms with van der Waals surface area (Å²) in [6, 6.07) is 8.16. The molecule has 2 fully saturated rings. The zero-order valence-corrected chi connectivity index (χ0v) is 14.9. The van der Waals surface area contributed by atoms with Crippen molar-refractivity contribution in [2.45, 2.75) is 31.8 Å². The van der Waals surface area contributed by atoms with Gasteiger partial charge in [0.25, 0.3) is 5.91 Å². The molecule has 1 aromatic carbocycles. The van der Waals surface area contributed by atoms with Crippen LogP contribution in [0.2, 0.25) is 0 Å². The number of aryl methyl sites for hydroxylation is 1. The molecule has 2 aliphatic rings. The van der Waals surface area contributed by atoms with E-state index in [1.807, 2.05) is 34.2 Å². The van der Waals surface area contributed by atoms with E-state index in [0.29, 0.717) is 39.2 Å². The number of aromatic nitrogens is 1. The van der Waals surface area contributed by atoms with Gasteiger partial charge in [0.15, 0.2) is 0 Å². The Hall–Kier alpha value is -2.34. The molecule has 3 heterocycles. The van der Waals surface area contributed by atoms with Crippen molar-refractivity contribution >= 4 is 22.7 Å². The third-order valence-electron chi connectivity index (χ3n) is 5.43. The van der Waals surface area contributed by atoms with Crippen LogP contribution in [0, 0.1) is 0 Å². The number of carbonyl (C=O) groups excluding carboxylic acids is 2. The molecule has 2 amide bonds. The first kappa shape index (κ1) is 17.1. The first-order valence-corrected chi connectivity index (χ1v) is 9.45. The highest BCUT2D eigenvalue weighted by Crippen LogP contribution is 2.20. The molecule has 6 nitrogen and oxygen atoms in total. The number of fused-ring (bicyclic) bond motifs is 1. The quantitative estimate of drug-likeness (QED) is 0.912. The molecule has 0 unspecified atom stereocenters. The van der Waals surface area contributed by atoms with Gasteiger partial charge in [-0.05, 0) is 30.9 Å². The molecule has 1 atom stereocenters. The lowest BCUT2D eigenvalue weighted by Crippen LogP contribution is -2.52. The van der Waals surface area contributed by atoms with Gasteiger partial charge in [0, 0.05) is 56.3 Å². The molecule has 2 saturated heterocycles. The predicted octanol–water partition coefficient (Wildman–Crippen LogP) is 1.95. The second kappa shape index (κ2) is 7.50. The minimum atomic E-state index is -0.265. The van der Waals surface area contributed by atoms with Gasteiger partial charge in [-0.15, -0.1) is 0 Å². The maximum atomic E-state index is 12.5. The summed E-state index contributed by atoms with van der Waals surface area (Å²) in [5.74, 6) is 0.257. The Balaban J connectivity index is 1.27. The van der Waals surface area contributed by atoms with Crippen molar-refractivity contribution in [2.75, 3.05) is 32.8 Å². The zero-order valence-electron chi connectivity index (χ0n) is 14.9. The molecule has 2 aromatic rings. The fraction of sp³-hybridized carbons (Fsp3) is 0.500. The Kier molecular flexibility index (Phi) is 4.93. The maximum absolute atomic E-state index is 12.5. The Morgan fingerprint density at radius 1 is 1.12 bits per heavy atom. The number of nitrogens with zero attached hydrogens (tertiary/aromatic N) is 2. The molecule has 1 N–H and O–H groups in total. The fourth-order valence-corrected chi connectivity index (χ4v) is 3.89. The number of H-pyrrole nitrogens is 1. The number of carbonyl (C=O) groups is 2. The van der Waals surface area contributed by atoms with Crippen LogP contribution in [0.4, 0.5) is 0 Å². The number of nitrogens with one attached hydrogen (secondary N) is 1. The number of hydrogen-bond acceptors (Lipinski definition) is 3. The number of piperazine rings is 1. The molecule has 6 heteroatoms. The van der Waals surface area contributed by atoms with Crippen molar-refractivity contribution < 1.29 is 14.3 Å². The van der Waals surface area contributed by atoms with Gasteiger partial charge < -0.3 is 19.5 Å². The minimum Gasteiger partial charge on any atom is -0.368 e. The van der Waals surface area contributed by atoms with E-state index in [4.69, 9.17) is 4.74 Å². The topological polar surface area (TPSA) is 65.6 Å². The summed E-state index contributed by atoms with van der Waals surface area (Å²) in [6.45, 7) is 3.13. The smallest absolute Gasteiger partial charge is 0.251 e. The highest BCUT2D eigenvalue weighted by Gasteiger charge is 2.31. The molecule has 26 heavy (non-hydrogen) atoms. The summed E-state index contributed by atoms with van der Waals surface area (Å²) in [7, 11) is 0. The Bertz CT molecular complexity index is 786. The summed E-state index contributed by atoms with van der Waals surface area (Å²) in [4.78, 5) is 31.9. The monoisotopic (exact) mass is 355 g/mol. The molecule has 0 saturated carbocycles. The van der Waals surface area contributed by atoms with Crippen LogP contribution in [0.15, 0.2) is 30.5 Å². The highest BCUT2D eigenvalue weighted by atomic mass is 16.5. The number of para-hydroxylation sites is 1. The molecule has 138 valence electrons. The van der Waals surface area contributed by atoms with E-state index in [9.17, 15) is 9.59 Å². The number of benzene rings is 1. The van der Waals surface area contributed by atoms with Crippen molar-refractivity contribution in [1.82, 2.24) is 14.8 Å². The lowest BCUT2D eigenvalue weighted by Gasteiger charge is -2.35. The summed E-state index contributed by atoms with van der Waals surface area (Å²) in [6.07, 6.45) is 4.75. The van der Waals surface area contributed by atoms with Crippen LogP contribution < -0.4 is 0 Å². The average molecular weight is 355 g/mol.